The van der Waals surface area contributed by atoms with E-state index in [-0.39, 0.29) is 18.1 Å². The Morgan fingerprint density at radius 1 is 1.12 bits per heavy atom. The molecule has 0 atom stereocenters. The van der Waals surface area contributed by atoms with E-state index in [2.05, 4.69) is 5.32 Å². The molecule has 1 amide bonds. The molecule has 4 nitrogen and oxygen atoms in total. The third-order valence-electron chi connectivity index (χ3n) is 4.45. The topological polar surface area (TPSA) is 59.3 Å². The molecule has 2 aromatic carbocycles. The number of carbonyl (C=O) groups is 1. The van der Waals surface area contributed by atoms with Gasteiger partial charge in [0, 0.05) is 23.9 Å². The molecule has 0 radical (unpaired) electrons. The van der Waals surface area contributed by atoms with E-state index in [1.165, 1.54) is 12.1 Å². The SMILES string of the molecule is Cc1ccc2c(C)c(CCC(=O)NCc3ccc(F)cc3)c(=O)oc2c1. The highest BCUT2D eigenvalue weighted by Gasteiger charge is 2.13. The molecular formula is C21H20FNO3. The summed E-state index contributed by atoms with van der Waals surface area (Å²) in [6, 6.07) is 11.7. The highest BCUT2D eigenvalue weighted by atomic mass is 19.1. The Bertz CT molecular complexity index is 1010. The van der Waals surface area contributed by atoms with Crippen molar-refractivity contribution in [3.63, 3.8) is 0 Å². The predicted octanol–water partition coefficient (Wildman–Crippen LogP) is 3.80. The fourth-order valence-corrected chi connectivity index (χ4v) is 2.92. The van der Waals surface area contributed by atoms with Gasteiger partial charge in [-0.3, -0.25) is 4.79 Å². The van der Waals surface area contributed by atoms with Crippen molar-refractivity contribution in [3.8, 4) is 0 Å². The van der Waals surface area contributed by atoms with Gasteiger partial charge in [0.15, 0.2) is 0 Å². The Hall–Kier alpha value is -2.95. The van der Waals surface area contributed by atoms with Crippen LogP contribution in [0, 0.1) is 19.7 Å². The average Bonchev–Trinajstić information content (AvgIpc) is 2.60. The zero-order valence-electron chi connectivity index (χ0n) is 14.8. The summed E-state index contributed by atoms with van der Waals surface area (Å²) >= 11 is 0. The summed E-state index contributed by atoms with van der Waals surface area (Å²) in [5.41, 5.74) is 3.38. The lowest BCUT2D eigenvalue weighted by molar-refractivity contribution is -0.121. The molecule has 0 aliphatic rings. The van der Waals surface area contributed by atoms with Crippen molar-refractivity contribution in [2.45, 2.75) is 33.2 Å². The lowest BCUT2D eigenvalue weighted by Crippen LogP contribution is -2.24. The van der Waals surface area contributed by atoms with Crippen LogP contribution in [0.5, 0.6) is 0 Å². The standard InChI is InChI=1S/C21H20FNO3/c1-13-3-8-17-14(2)18(21(25)26-19(17)11-13)9-10-20(24)23-12-15-4-6-16(22)7-5-15/h3-8,11H,9-10,12H2,1-2H3,(H,23,24). The van der Waals surface area contributed by atoms with Gasteiger partial charge >= 0.3 is 5.63 Å². The molecule has 0 bridgehead atoms. The number of hydrogen-bond acceptors (Lipinski definition) is 3. The van der Waals surface area contributed by atoms with E-state index in [1.807, 2.05) is 32.0 Å². The highest BCUT2D eigenvalue weighted by Crippen LogP contribution is 2.21. The van der Waals surface area contributed by atoms with Gasteiger partial charge in [-0.2, -0.15) is 0 Å². The van der Waals surface area contributed by atoms with Gasteiger partial charge in [-0.05, 0) is 55.2 Å². The van der Waals surface area contributed by atoms with Gasteiger partial charge in [-0.1, -0.05) is 24.3 Å². The van der Waals surface area contributed by atoms with Crippen LogP contribution in [0.2, 0.25) is 0 Å². The first kappa shape index (κ1) is 17.9. The van der Waals surface area contributed by atoms with Crippen LogP contribution < -0.4 is 10.9 Å². The fourth-order valence-electron chi connectivity index (χ4n) is 2.92. The first-order valence-electron chi connectivity index (χ1n) is 8.48. The maximum absolute atomic E-state index is 12.9. The molecule has 1 aromatic heterocycles. The number of benzene rings is 2. The van der Waals surface area contributed by atoms with E-state index in [1.54, 1.807) is 12.1 Å². The smallest absolute Gasteiger partial charge is 0.339 e. The van der Waals surface area contributed by atoms with Gasteiger partial charge in [-0.25, -0.2) is 9.18 Å². The van der Waals surface area contributed by atoms with Gasteiger partial charge in [0.1, 0.15) is 11.4 Å². The normalized spacial score (nSPS) is 10.9. The second-order valence-electron chi connectivity index (χ2n) is 6.40. The maximum Gasteiger partial charge on any atom is 0.339 e. The molecule has 26 heavy (non-hydrogen) atoms. The highest BCUT2D eigenvalue weighted by molar-refractivity contribution is 5.82. The summed E-state index contributed by atoms with van der Waals surface area (Å²) in [6.45, 7) is 4.14. The van der Waals surface area contributed by atoms with E-state index in [0.717, 1.165) is 22.1 Å². The molecule has 0 spiro atoms. The van der Waals surface area contributed by atoms with Crippen LogP contribution in [0.25, 0.3) is 11.0 Å². The Labute approximate surface area is 150 Å². The van der Waals surface area contributed by atoms with Crippen molar-refractivity contribution < 1.29 is 13.6 Å². The third kappa shape index (κ3) is 3.99. The minimum Gasteiger partial charge on any atom is -0.423 e. The zero-order chi connectivity index (χ0) is 18.7. The molecule has 134 valence electrons. The van der Waals surface area contributed by atoms with Crippen molar-refractivity contribution in [2.24, 2.45) is 0 Å². The number of hydrogen-bond donors (Lipinski definition) is 1. The first-order valence-corrected chi connectivity index (χ1v) is 8.48. The van der Waals surface area contributed by atoms with E-state index < -0.39 is 5.63 Å². The summed E-state index contributed by atoms with van der Waals surface area (Å²) in [4.78, 5) is 24.3. The van der Waals surface area contributed by atoms with Crippen molar-refractivity contribution >= 4 is 16.9 Å². The Kier molecular flexibility index (Phi) is 5.16. The molecule has 3 rings (SSSR count). The molecule has 0 saturated heterocycles. The summed E-state index contributed by atoms with van der Waals surface area (Å²) in [5.74, 6) is -0.481. The second-order valence-corrected chi connectivity index (χ2v) is 6.40. The summed E-state index contributed by atoms with van der Waals surface area (Å²) in [7, 11) is 0. The van der Waals surface area contributed by atoms with Gasteiger partial charge in [-0.15, -0.1) is 0 Å². The summed E-state index contributed by atoms with van der Waals surface area (Å²) in [6.07, 6.45) is 0.497. The molecule has 0 unspecified atom stereocenters. The lowest BCUT2D eigenvalue weighted by atomic mass is 10.0. The van der Waals surface area contributed by atoms with Gasteiger partial charge in [0.05, 0.1) is 0 Å². The average molecular weight is 353 g/mol. The van der Waals surface area contributed by atoms with Crippen molar-refractivity contribution in [1.29, 1.82) is 0 Å². The fraction of sp³-hybridized carbons (Fsp3) is 0.238. The number of rotatable bonds is 5. The van der Waals surface area contributed by atoms with Crippen LogP contribution >= 0.6 is 0 Å². The third-order valence-corrected chi connectivity index (χ3v) is 4.45. The van der Waals surface area contributed by atoms with Gasteiger partial charge in [0.25, 0.3) is 0 Å². The molecule has 0 aliphatic carbocycles. The van der Waals surface area contributed by atoms with E-state index in [4.69, 9.17) is 4.42 Å². The molecular weight excluding hydrogens is 333 g/mol. The number of carbonyl (C=O) groups excluding carboxylic acids is 1. The minimum absolute atomic E-state index is 0.169. The number of amides is 1. The van der Waals surface area contributed by atoms with Gasteiger partial charge < -0.3 is 9.73 Å². The van der Waals surface area contributed by atoms with Crippen LogP contribution in [0.3, 0.4) is 0 Å². The van der Waals surface area contributed by atoms with Crippen LogP contribution in [0.1, 0.15) is 28.7 Å². The Balaban J connectivity index is 1.67. The zero-order valence-corrected chi connectivity index (χ0v) is 14.8. The van der Waals surface area contributed by atoms with Crippen molar-refractivity contribution in [2.75, 3.05) is 0 Å². The molecule has 0 saturated carbocycles. The summed E-state index contributed by atoms with van der Waals surface area (Å²) in [5, 5.41) is 3.66. The Morgan fingerprint density at radius 2 is 1.85 bits per heavy atom. The number of aryl methyl sites for hydroxylation is 2. The largest absolute Gasteiger partial charge is 0.423 e. The molecule has 1 N–H and O–H groups in total. The predicted molar refractivity (Wildman–Crippen MR) is 98.5 cm³/mol. The van der Waals surface area contributed by atoms with Gasteiger partial charge in [0.2, 0.25) is 5.91 Å². The molecule has 3 aromatic rings. The minimum atomic E-state index is -0.396. The maximum atomic E-state index is 12.9. The van der Waals surface area contributed by atoms with E-state index >= 15 is 0 Å². The lowest BCUT2D eigenvalue weighted by Gasteiger charge is -2.09. The molecule has 1 heterocycles. The molecule has 5 heteroatoms. The number of fused-ring (bicyclic) bond motifs is 1. The van der Waals surface area contributed by atoms with Crippen molar-refractivity contribution in [1.82, 2.24) is 5.32 Å². The van der Waals surface area contributed by atoms with Crippen LogP contribution in [0.15, 0.2) is 51.7 Å². The summed E-state index contributed by atoms with van der Waals surface area (Å²) < 4.78 is 18.3. The van der Waals surface area contributed by atoms with Crippen LogP contribution in [0.4, 0.5) is 4.39 Å². The van der Waals surface area contributed by atoms with E-state index in [9.17, 15) is 14.0 Å². The van der Waals surface area contributed by atoms with Crippen LogP contribution in [-0.2, 0) is 17.8 Å². The first-order chi connectivity index (χ1) is 12.4. The van der Waals surface area contributed by atoms with Crippen molar-refractivity contribution in [3.05, 3.63) is 81.0 Å². The number of halogens is 1. The monoisotopic (exact) mass is 353 g/mol. The second kappa shape index (κ2) is 7.52. The van der Waals surface area contributed by atoms with Crippen LogP contribution in [-0.4, -0.2) is 5.91 Å². The quantitative estimate of drug-likeness (QED) is 0.710. The molecule has 0 fully saturated rings. The number of nitrogens with one attached hydrogen (secondary N) is 1. The molecule has 0 aliphatic heterocycles. The van der Waals surface area contributed by atoms with E-state index in [0.29, 0.717) is 24.1 Å². The Morgan fingerprint density at radius 3 is 2.58 bits per heavy atom.